The molecule has 0 aliphatic carbocycles. The van der Waals surface area contributed by atoms with Crippen LogP contribution in [-0.4, -0.2) is 21.4 Å². The van der Waals surface area contributed by atoms with E-state index in [1.807, 2.05) is 42.1 Å². The SMILES string of the molecule is C/C(=C\c1cc(/C=C/C(=O)O)n(C)c1)C(=O)c1ccccc1. The highest BCUT2D eigenvalue weighted by Crippen LogP contribution is 2.15. The maximum Gasteiger partial charge on any atom is 0.328 e. The predicted octanol–water partition coefficient (Wildman–Crippen LogP) is 3.41. The van der Waals surface area contributed by atoms with Crippen LogP contribution in [0.15, 0.2) is 54.2 Å². The Labute approximate surface area is 129 Å². The molecule has 0 atom stereocenters. The van der Waals surface area contributed by atoms with E-state index in [1.54, 1.807) is 25.1 Å². The zero-order chi connectivity index (χ0) is 16.1. The van der Waals surface area contributed by atoms with E-state index in [0.29, 0.717) is 11.1 Å². The van der Waals surface area contributed by atoms with Crippen LogP contribution < -0.4 is 0 Å². The highest BCUT2D eigenvalue weighted by Gasteiger charge is 2.08. The van der Waals surface area contributed by atoms with Gasteiger partial charge in [0.25, 0.3) is 0 Å². The average Bonchev–Trinajstić information content (AvgIpc) is 2.85. The first kappa shape index (κ1) is 15.5. The van der Waals surface area contributed by atoms with Crippen molar-refractivity contribution in [2.45, 2.75) is 6.92 Å². The summed E-state index contributed by atoms with van der Waals surface area (Å²) in [4.78, 5) is 22.9. The third-order valence-corrected chi connectivity index (χ3v) is 3.24. The van der Waals surface area contributed by atoms with Gasteiger partial charge in [0.1, 0.15) is 0 Å². The third kappa shape index (κ3) is 3.82. The van der Waals surface area contributed by atoms with E-state index in [2.05, 4.69) is 0 Å². The molecule has 1 heterocycles. The maximum atomic E-state index is 12.3. The fourth-order valence-electron chi connectivity index (χ4n) is 2.14. The van der Waals surface area contributed by atoms with Crippen molar-refractivity contribution in [2.75, 3.05) is 0 Å². The van der Waals surface area contributed by atoms with E-state index in [4.69, 9.17) is 5.11 Å². The van der Waals surface area contributed by atoms with E-state index < -0.39 is 5.97 Å². The first-order chi connectivity index (χ1) is 10.5. The van der Waals surface area contributed by atoms with Gasteiger partial charge in [-0.2, -0.15) is 0 Å². The van der Waals surface area contributed by atoms with Crippen molar-refractivity contribution < 1.29 is 14.7 Å². The number of carbonyl (C=O) groups excluding carboxylic acids is 1. The quantitative estimate of drug-likeness (QED) is 0.679. The van der Waals surface area contributed by atoms with E-state index in [9.17, 15) is 9.59 Å². The van der Waals surface area contributed by atoms with Gasteiger partial charge >= 0.3 is 5.97 Å². The van der Waals surface area contributed by atoms with Crippen LogP contribution in [-0.2, 0) is 11.8 Å². The number of aliphatic carboxylic acids is 1. The molecule has 4 heteroatoms. The van der Waals surface area contributed by atoms with Crippen LogP contribution in [0.5, 0.6) is 0 Å². The van der Waals surface area contributed by atoms with Crippen molar-refractivity contribution in [2.24, 2.45) is 7.05 Å². The molecule has 0 fully saturated rings. The largest absolute Gasteiger partial charge is 0.478 e. The highest BCUT2D eigenvalue weighted by atomic mass is 16.4. The molecule has 0 spiro atoms. The summed E-state index contributed by atoms with van der Waals surface area (Å²) in [5.74, 6) is -1.01. The minimum Gasteiger partial charge on any atom is -0.478 e. The second-order valence-corrected chi connectivity index (χ2v) is 5.00. The Hall–Kier alpha value is -2.88. The smallest absolute Gasteiger partial charge is 0.328 e. The monoisotopic (exact) mass is 295 g/mol. The lowest BCUT2D eigenvalue weighted by Gasteiger charge is -2.00. The normalized spacial score (nSPS) is 11.8. The summed E-state index contributed by atoms with van der Waals surface area (Å²) in [6.07, 6.45) is 6.26. The summed E-state index contributed by atoms with van der Waals surface area (Å²) in [5.41, 5.74) is 2.90. The summed E-state index contributed by atoms with van der Waals surface area (Å²) in [6.45, 7) is 1.77. The number of Topliss-reactive ketones (excluding diaryl/α,β-unsaturated/α-hetero) is 1. The third-order valence-electron chi connectivity index (χ3n) is 3.24. The van der Waals surface area contributed by atoms with Crippen molar-refractivity contribution >= 4 is 23.9 Å². The van der Waals surface area contributed by atoms with Crippen molar-refractivity contribution in [3.05, 3.63) is 71.1 Å². The number of carbonyl (C=O) groups is 2. The molecule has 0 amide bonds. The van der Waals surface area contributed by atoms with Gasteiger partial charge in [0.05, 0.1) is 0 Å². The molecular weight excluding hydrogens is 278 g/mol. The van der Waals surface area contributed by atoms with E-state index in [0.717, 1.165) is 17.3 Å². The lowest BCUT2D eigenvalue weighted by atomic mass is 10.0. The standard InChI is InChI=1S/C18H17NO3/c1-13(18(22)15-6-4-3-5-7-15)10-14-11-16(19(2)12-14)8-9-17(20)21/h3-12H,1-2H3,(H,20,21)/b9-8+,13-10+. The van der Waals surface area contributed by atoms with Gasteiger partial charge in [-0.3, -0.25) is 4.79 Å². The van der Waals surface area contributed by atoms with Crippen molar-refractivity contribution in [1.82, 2.24) is 4.57 Å². The Morgan fingerprint density at radius 2 is 1.86 bits per heavy atom. The first-order valence-corrected chi connectivity index (χ1v) is 6.83. The molecule has 1 aromatic heterocycles. The molecular formula is C18H17NO3. The van der Waals surface area contributed by atoms with Gasteiger partial charge in [-0.25, -0.2) is 4.79 Å². The van der Waals surface area contributed by atoms with Gasteiger partial charge in [-0.05, 0) is 36.3 Å². The number of hydrogen-bond acceptors (Lipinski definition) is 2. The summed E-state index contributed by atoms with van der Waals surface area (Å²) < 4.78 is 1.81. The van der Waals surface area contributed by atoms with Crippen molar-refractivity contribution in [3.63, 3.8) is 0 Å². The molecule has 0 saturated carbocycles. The number of carboxylic acids is 1. The number of aryl methyl sites for hydroxylation is 1. The number of aromatic nitrogens is 1. The summed E-state index contributed by atoms with van der Waals surface area (Å²) in [5, 5.41) is 8.66. The minimum atomic E-state index is -0.992. The van der Waals surface area contributed by atoms with Gasteiger partial charge < -0.3 is 9.67 Å². The molecule has 112 valence electrons. The first-order valence-electron chi connectivity index (χ1n) is 6.83. The average molecular weight is 295 g/mol. The molecule has 1 N–H and O–H groups in total. The molecule has 2 aromatic rings. The fourth-order valence-corrected chi connectivity index (χ4v) is 2.14. The topological polar surface area (TPSA) is 59.3 Å². The van der Waals surface area contributed by atoms with E-state index in [1.165, 1.54) is 6.08 Å². The number of hydrogen-bond donors (Lipinski definition) is 1. The second-order valence-electron chi connectivity index (χ2n) is 5.00. The molecule has 2 rings (SSSR count). The number of ketones is 1. The number of allylic oxidation sites excluding steroid dienone is 1. The molecule has 1 aromatic carbocycles. The second kappa shape index (κ2) is 6.72. The Morgan fingerprint density at radius 1 is 1.18 bits per heavy atom. The fraction of sp³-hybridized carbons (Fsp3) is 0.111. The molecule has 0 saturated heterocycles. The maximum absolute atomic E-state index is 12.3. The Morgan fingerprint density at radius 3 is 2.50 bits per heavy atom. The van der Waals surface area contributed by atoms with E-state index in [-0.39, 0.29) is 5.78 Å². The van der Waals surface area contributed by atoms with Crippen molar-refractivity contribution in [3.8, 4) is 0 Å². The predicted molar refractivity (Wildman–Crippen MR) is 86.5 cm³/mol. The molecule has 0 aliphatic rings. The van der Waals surface area contributed by atoms with Crippen molar-refractivity contribution in [1.29, 1.82) is 0 Å². The Kier molecular flexibility index (Phi) is 4.73. The van der Waals surface area contributed by atoms with Crippen LogP contribution in [0.2, 0.25) is 0 Å². The van der Waals surface area contributed by atoms with Crippen LogP contribution >= 0.6 is 0 Å². The Bertz CT molecular complexity index is 752. The number of nitrogens with zero attached hydrogens (tertiary/aromatic N) is 1. The van der Waals surface area contributed by atoms with Crippen LogP contribution in [0.1, 0.15) is 28.5 Å². The van der Waals surface area contributed by atoms with Gasteiger partial charge in [-0.1, -0.05) is 30.3 Å². The van der Waals surface area contributed by atoms with E-state index >= 15 is 0 Å². The van der Waals surface area contributed by atoms with Crippen LogP contribution in [0.4, 0.5) is 0 Å². The lowest BCUT2D eigenvalue weighted by Crippen LogP contribution is -1.99. The Balaban J connectivity index is 2.24. The zero-order valence-electron chi connectivity index (χ0n) is 12.5. The van der Waals surface area contributed by atoms with Gasteiger partial charge in [0.2, 0.25) is 0 Å². The number of carboxylic acid groups (broad SMARTS) is 1. The van der Waals surface area contributed by atoms with Gasteiger partial charge in [-0.15, -0.1) is 0 Å². The highest BCUT2D eigenvalue weighted by molar-refractivity contribution is 6.10. The zero-order valence-corrected chi connectivity index (χ0v) is 12.5. The minimum absolute atomic E-state index is 0.0212. The van der Waals surface area contributed by atoms with Crippen LogP contribution in [0, 0.1) is 0 Å². The summed E-state index contributed by atoms with van der Waals surface area (Å²) in [6, 6.07) is 10.9. The molecule has 0 bridgehead atoms. The number of rotatable bonds is 5. The van der Waals surface area contributed by atoms with Gasteiger partial charge in [0.15, 0.2) is 5.78 Å². The molecule has 0 unspecified atom stereocenters. The summed E-state index contributed by atoms with van der Waals surface area (Å²) in [7, 11) is 1.83. The summed E-state index contributed by atoms with van der Waals surface area (Å²) >= 11 is 0. The number of benzene rings is 1. The van der Waals surface area contributed by atoms with Crippen LogP contribution in [0.25, 0.3) is 12.2 Å². The molecule has 0 radical (unpaired) electrons. The molecule has 4 nitrogen and oxygen atoms in total. The molecule has 22 heavy (non-hydrogen) atoms. The molecule has 0 aliphatic heterocycles. The van der Waals surface area contributed by atoms with Gasteiger partial charge in [0, 0.05) is 30.6 Å². The van der Waals surface area contributed by atoms with Crippen LogP contribution in [0.3, 0.4) is 0 Å². The lowest BCUT2D eigenvalue weighted by molar-refractivity contribution is -0.131.